The second-order valence-electron chi connectivity index (χ2n) is 3.83. The molecule has 0 aromatic rings. The van der Waals surface area contributed by atoms with E-state index < -0.39 is 17.4 Å². The average molecular weight is 218 g/mol. The molecule has 0 unspecified atom stereocenters. The van der Waals surface area contributed by atoms with Gasteiger partial charge in [0.25, 0.3) is 0 Å². The molecule has 0 saturated carbocycles. The molecule has 0 bridgehead atoms. The van der Waals surface area contributed by atoms with Crippen molar-refractivity contribution in [1.29, 1.82) is 0 Å². The molecule has 0 N–H and O–H groups in total. The van der Waals surface area contributed by atoms with Crippen LogP contribution in [0.5, 0.6) is 0 Å². The molecular formula is C10H18O3S. The van der Waals surface area contributed by atoms with E-state index in [1.54, 1.807) is 25.6 Å². The number of ether oxygens (including phenoxy) is 1. The number of thioether (sulfide) groups is 1. The molecule has 0 atom stereocenters. The standard InChI is InChI=1S/C10H18O3S/c1-5-6-8(11)13-9(12)10(2,3)7-14-4/h5-7H2,1-4H3. The molecule has 0 spiro atoms. The average Bonchev–Trinajstić information content (AvgIpc) is 2.04. The zero-order chi connectivity index (χ0) is 11.2. The summed E-state index contributed by atoms with van der Waals surface area (Å²) in [5.74, 6) is -0.192. The second kappa shape index (κ2) is 6.06. The molecule has 0 fully saturated rings. The van der Waals surface area contributed by atoms with Crippen molar-refractivity contribution in [2.24, 2.45) is 5.41 Å². The Labute approximate surface area is 89.6 Å². The minimum absolute atomic E-state index is 0.307. The number of esters is 2. The molecule has 0 aliphatic heterocycles. The van der Waals surface area contributed by atoms with Crippen LogP contribution in [-0.4, -0.2) is 23.9 Å². The van der Waals surface area contributed by atoms with Crippen molar-refractivity contribution < 1.29 is 14.3 Å². The fourth-order valence-electron chi connectivity index (χ4n) is 0.916. The Bertz CT molecular complexity index is 211. The van der Waals surface area contributed by atoms with E-state index >= 15 is 0 Å². The predicted octanol–water partition coefficient (Wildman–Crippen LogP) is 2.25. The van der Waals surface area contributed by atoms with Gasteiger partial charge in [0, 0.05) is 12.2 Å². The Kier molecular flexibility index (Phi) is 5.84. The Morgan fingerprint density at radius 1 is 1.36 bits per heavy atom. The molecule has 4 heteroatoms. The van der Waals surface area contributed by atoms with Gasteiger partial charge in [0.15, 0.2) is 0 Å². The maximum Gasteiger partial charge on any atom is 0.319 e. The van der Waals surface area contributed by atoms with Crippen LogP contribution in [0.15, 0.2) is 0 Å². The summed E-state index contributed by atoms with van der Waals surface area (Å²) in [4.78, 5) is 22.5. The van der Waals surface area contributed by atoms with Crippen LogP contribution in [0.1, 0.15) is 33.6 Å². The third-order valence-electron chi connectivity index (χ3n) is 1.72. The highest BCUT2D eigenvalue weighted by Crippen LogP contribution is 2.22. The van der Waals surface area contributed by atoms with Crippen molar-refractivity contribution in [1.82, 2.24) is 0 Å². The lowest BCUT2D eigenvalue weighted by molar-refractivity contribution is -0.165. The monoisotopic (exact) mass is 218 g/mol. The zero-order valence-electron chi connectivity index (χ0n) is 9.25. The fraction of sp³-hybridized carbons (Fsp3) is 0.800. The van der Waals surface area contributed by atoms with Crippen LogP contribution in [-0.2, 0) is 14.3 Å². The molecule has 82 valence electrons. The molecule has 0 aromatic carbocycles. The van der Waals surface area contributed by atoms with Gasteiger partial charge in [-0.15, -0.1) is 0 Å². The number of carbonyl (C=O) groups is 2. The van der Waals surface area contributed by atoms with Crippen LogP contribution in [0.2, 0.25) is 0 Å². The van der Waals surface area contributed by atoms with Crippen molar-refractivity contribution in [3.05, 3.63) is 0 Å². The highest BCUT2D eigenvalue weighted by atomic mass is 32.2. The number of rotatable bonds is 5. The molecule has 0 aromatic heterocycles. The smallest absolute Gasteiger partial charge is 0.319 e. The summed E-state index contributed by atoms with van der Waals surface area (Å²) in [6.07, 6.45) is 2.93. The molecule has 0 aliphatic rings. The van der Waals surface area contributed by atoms with E-state index in [0.29, 0.717) is 18.6 Å². The van der Waals surface area contributed by atoms with Crippen LogP contribution < -0.4 is 0 Å². The summed E-state index contributed by atoms with van der Waals surface area (Å²) in [6.45, 7) is 5.44. The normalized spacial score (nSPS) is 11.1. The topological polar surface area (TPSA) is 43.4 Å². The first-order valence-corrected chi connectivity index (χ1v) is 6.07. The minimum atomic E-state index is -0.581. The molecule has 14 heavy (non-hydrogen) atoms. The highest BCUT2D eigenvalue weighted by Gasteiger charge is 2.30. The fourth-order valence-corrected chi connectivity index (χ4v) is 1.76. The quantitative estimate of drug-likeness (QED) is 0.524. The molecule has 0 aliphatic carbocycles. The van der Waals surface area contributed by atoms with Crippen LogP contribution in [0.3, 0.4) is 0 Å². The van der Waals surface area contributed by atoms with E-state index in [2.05, 4.69) is 0 Å². The van der Waals surface area contributed by atoms with Gasteiger partial charge < -0.3 is 4.74 Å². The zero-order valence-corrected chi connectivity index (χ0v) is 10.1. The Morgan fingerprint density at radius 3 is 2.36 bits per heavy atom. The number of hydrogen-bond donors (Lipinski definition) is 0. The van der Waals surface area contributed by atoms with E-state index in [0.717, 1.165) is 0 Å². The van der Waals surface area contributed by atoms with Crippen LogP contribution in [0, 0.1) is 5.41 Å². The number of carbonyl (C=O) groups excluding carboxylic acids is 2. The maximum atomic E-state index is 11.5. The second-order valence-corrected chi connectivity index (χ2v) is 4.69. The van der Waals surface area contributed by atoms with E-state index in [1.807, 2.05) is 13.2 Å². The molecule has 0 rings (SSSR count). The predicted molar refractivity (Wildman–Crippen MR) is 58.2 cm³/mol. The van der Waals surface area contributed by atoms with Crippen molar-refractivity contribution >= 4 is 23.7 Å². The molecule has 0 saturated heterocycles. The molecule has 0 amide bonds. The summed E-state index contributed by atoms with van der Waals surface area (Å²) < 4.78 is 4.72. The number of hydrogen-bond acceptors (Lipinski definition) is 4. The Morgan fingerprint density at radius 2 is 1.93 bits per heavy atom. The lowest BCUT2D eigenvalue weighted by Gasteiger charge is -2.20. The Balaban J connectivity index is 4.12. The van der Waals surface area contributed by atoms with Gasteiger partial charge in [-0.2, -0.15) is 11.8 Å². The minimum Gasteiger partial charge on any atom is -0.393 e. The van der Waals surface area contributed by atoms with Gasteiger partial charge in [-0.3, -0.25) is 9.59 Å². The van der Waals surface area contributed by atoms with E-state index in [4.69, 9.17) is 4.74 Å². The van der Waals surface area contributed by atoms with Gasteiger partial charge in [-0.25, -0.2) is 0 Å². The van der Waals surface area contributed by atoms with Gasteiger partial charge >= 0.3 is 11.9 Å². The van der Waals surface area contributed by atoms with Crippen molar-refractivity contribution in [2.75, 3.05) is 12.0 Å². The molecule has 3 nitrogen and oxygen atoms in total. The van der Waals surface area contributed by atoms with Crippen LogP contribution in [0.4, 0.5) is 0 Å². The molecule has 0 radical (unpaired) electrons. The molecular weight excluding hydrogens is 200 g/mol. The summed E-state index contributed by atoms with van der Waals surface area (Å²) in [7, 11) is 0. The molecule has 0 heterocycles. The van der Waals surface area contributed by atoms with Gasteiger partial charge in [0.05, 0.1) is 5.41 Å². The van der Waals surface area contributed by atoms with Crippen LogP contribution >= 0.6 is 11.8 Å². The highest BCUT2D eigenvalue weighted by molar-refractivity contribution is 7.98. The summed E-state index contributed by atoms with van der Waals surface area (Å²) in [5, 5.41) is 0. The van der Waals surface area contributed by atoms with Crippen molar-refractivity contribution in [2.45, 2.75) is 33.6 Å². The van der Waals surface area contributed by atoms with Gasteiger partial charge in [0.2, 0.25) is 0 Å². The van der Waals surface area contributed by atoms with Gasteiger partial charge in [-0.05, 0) is 26.5 Å². The lowest BCUT2D eigenvalue weighted by atomic mass is 9.97. The van der Waals surface area contributed by atoms with E-state index in [-0.39, 0.29) is 0 Å². The maximum absolute atomic E-state index is 11.5. The van der Waals surface area contributed by atoms with Gasteiger partial charge in [0.1, 0.15) is 0 Å². The largest absolute Gasteiger partial charge is 0.393 e. The van der Waals surface area contributed by atoms with E-state index in [9.17, 15) is 9.59 Å². The lowest BCUT2D eigenvalue weighted by Crippen LogP contribution is -2.30. The van der Waals surface area contributed by atoms with Gasteiger partial charge in [-0.1, -0.05) is 6.92 Å². The van der Waals surface area contributed by atoms with Crippen molar-refractivity contribution in [3.63, 3.8) is 0 Å². The van der Waals surface area contributed by atoms with Crippen LogP contribution in [0.25, 0.3) is 0 Å². The first-order valence-electron chi connectivity index (χ1n) is 4.68. The Hall–Kier alpha value is -0.510. The summed E-state index contributed by atoms with van der Waals surface area (Å²) in [6, 6.07) is 0. The SMILES string of the molecule is CCCC(=O)OC(=O)C(C)(C)CSC. The third kappa shape index (κ3) is 4.65. The van der Waals surface area contributed by atoms with Crippen molar-refractivity contribution in [3.8, 4) is 0 Å². The first kappa shape index (κ1) is 13.5. The van der Waals surface area contributed by atoms with E-state index in [1.165, 1.54) is 0 Å². The first-order chi connectivity index (χ1) is 6.44. The third-order valence-corrected chi connectivity index (χ3v) is 2.73. The summed E-state index contributed by atoms with van der Waals surface area (Å²) >= 11 is 1.57. The summed E-state index contributed by atoms with van der Waals surface area (Å²) in [5.41, 5.74) is -0.581.